The Morgan fingerprint density at radius 3 is 2.68 bits per heavy atom. The zero-order chi connectivity index (χ0) is 19.8. The first-order valence-electron chi connectivity index (χ1n) is 8.12. The van der Waals surface area contributed by atoms with Gasteiger partial charge in [0.15, 0.2) is 16.6 Å². The van der Waals surface area contributed by atoms with E-state index >= 15 is 0 Å². The standard InChI is InChI=1S/C19H13FN2O5S/c1-25-14-8-16-15(26-9-27-16)6-10(14)5-13-17(23)21-19(28)22(18(13)24)12-4-2-3-11(20)7-12/h2-8H,9H2,1H3,(H,21,23,28). The third-order valence-electron chi connectivity index (χ3n) is 4.19. The van der Waals surface area contributed by atoms with Gasteiger partial charge in [0, 0.05) is 11.6 Å². The second kappa shape index (κ2) is 6.93. The van der Waals surface area contributed by atoms with Gasteiger partial charge in [-0.15, -0.1) is 0 Å². The highest BCUT2D eigenvalue weighted by Crippen LogP contribution is 2.39. The molecule has 2 aromatic carbocycles. The van der Waals surface area contributed by atoms with Gasteiger partial charge >= 0.3 is 0 Å². The third kappa shape index (κ3) is 3.05. The number of benzene rings is 2. The molecule has 2 amide bonds. The lowest BCUT2D eigenvalue weighted by Crippen LogP contribution is -2.54. The Morgan fingerprint density at radius 1 is 1.21 bits per heavy atom. The summed E-state index contributed by atoms with van der Waals surface area (Å²) in [6.45, 7) is 0.0690. The number of amides is 2. The maximum Gasteiger partial charge on any atom is 0.270 e. The monoisotopic (exact) mass is 400 g/mol. The molecule has 0 spiro atoms. The minimum Gasteiger partial charge on any atom is -0.496 e. The maximum atomic E-state index is 13.6. The van der Waals surface area contributed by atoms with Crippen molar-refractivity contribution in [3.8, 4) is 17.2 Å². The lowest BCUT2D eigenvalue weighted by Gasteiger charge is -2.29. The Labute approximate surface area is 164 Å². The van der Waals surface area contributed by atoms with E-state index in [1.54, 1.807) is 12.1 Å². The maximum absolute atomic E-state index is 13.6. The Hall–Kier alpha value is -3.46. The van der Waals surface area contributed by atoms with Gasteiger partial charge in [-0.25, -0.2) is 4.39 Å². The van der Waals surface area contributed by atoms with Crippen LogP contribution in [0.3, 0.4) is 0 Å². The molecule has 9 heteroatoms. The summed E-state index contributed by atoms with van der Waals surface area (Å²) in [6.07, 6.45) is 1.37. The second-order valence-electron chi connectivity index (χ2n) is 5.89. The second-order valence-corrected chi connectivity index (χ2v) is 6.27. The molecule has 1 fully saturated rings. The molecule has 0 aromatic heterocycles. The average molecular weight is 400 g/mol. The zero-order valence-electron chi connectivity index (χ0n) is 14.5. The van der Waals surface area contributed by atoms with E-state index in [0.717, 1.165) is 11.0 Å². The van der Waals surface area contributed by atoms with Crippen molar-refractivity contribution in [1.29, 1.82) is 0 Å². The molecule has 0 bridgehead atoms. The van der Waals surface area contributed by atoms with Crippen LogP contribution in [0.4, 0.5) is 10.1 Å². The number of hydrogen-bond acceptors (Lipinski definition) is 6. The van der Waals surface area contributed by atoms with Gasteiger partial charge < -0.3 is 14.2 Å². The van der Waals surface area contributed by atoms with E-state index in [-0.39, 0.29) is 23.2 Å². The van der Waals surface area contributed by atoms with E-state index < -0.39 is 17.6 Å². The number of methoxy groups -OCH3 is 1. The third-order valence-corrected chi connectivity index (χ3v) is 4.48. The Kier molecular flexibility index (Phi) is 4.44. The number of nitrogens with one attached hydrogen (secondary N) is 1. The van der Waals surface area contributed by atoms with E-state index in [4.69, 9.17) is 26.4 Å². The SMILES string of the molecule is COc1cc2c(cc1C=C1C(=O)NC(=S)N(c3cccc(F)c3)C1=O)OCO2. The summed E-state index contributed by atoms with van der Waals surface area (Å²) in [5.41, 5.74) is 0.464. The molecule has 7 nitrogen and oxygen atoms in total. The first-order chi connectivity index (χ1) is 13.5. The number of nitrogens with zero attached hydrogens (tertiary/aromatic N) is 1. The highest BCUT2D eigenvalue weighted by Gasteiger charge is 2.35. The highest BCUT2D eigenvalue weighted by atomic mass is 32.1. The summed E-state index contributed by atoms with van der Waals surface area (Å²) in [5.74, 6) is -0.521. The highest BCUT2D eigenvalue weighted by molar-refractivity contribution is 7.80. The first-order valence-corrected chi connectivity index (χ1v) is 8.53. The van der Waals surface area contributed by atoms with Crippen molar-refractivity contribution < 1.29 is 28.2 Å². The normalized spacial score (nSPS) is 17.1. The molecule has 1 N–H and O–H groups in total. The Balaban J connectivity index is 1.78. The molecule has 142 valence electrons. The van der Waals surface area contributed by atoms with E-state index in [1.165, 1.54) is 31.4 Å². The van der Waals surface area contributed by atoms with Crippen molar-refractivity contribution in [2.75, 3.05) is 18.8 Å². The number of carbonyl (C=O) groups is 2. The van der Waals surface area contributed by atoms with Gasteiger partial charge in [0.1, 0.15) is 17.1 Å². The largest absolute Gasteiger partial charge is 0.496 e. The number of anilines is 1. The van der Waals surface area contributed by atoms with Crippen LogP contribution in [0.1, 0.15) is 5.56 Å². The van der Waals surface area contributed by atoms with Crippen molar-refractivity contribution >= 4 is 40.9 Å². The van der Waals surface area contributed by atoms with Crippen molar-refractivity contribution in [1.82, 2.24) is 5.32 Å². The van der Waals surface area contributed by atoms with Gasteiger partial charge in [0.2, 0.25) is 6.79 Å². The van der Waals surface area contributed by atoms with Crippen LogP contribution in [0, 0.1) is 5.82 Å². The minimum absolute atomic E-state index is 0.0690. The van der Waals surface area contributed by atoms with Crippen molar-refractivity contribution in [3.63, 3.8) is 0 Å². The molecule has 0 unspecified atom stereocenters. The number of halogens is 1. The van der Waals surface area contributed by atoms with Gasteiger partial charge in [0.05, 0.1) is 12.8 Å². The van der Waals surface area contributed by atoms with Crippen LogP contribution in [0.2, 0.25) is 0 Å². The van der Waals surface area contributed by atoms with Crippen LogP contribution in [-0.4, -0.2) is 30.8 Å². The van der Waals surface area contributed by atoms with Crippen LogP contribution in [0.5, 0.6) is 17.2 Å². The van der Waals surface area contributed by atoms with Gasteiger partial charge in [0.25, 0.3) is 11.8 Å². The van der Waals surface area contributed by atoms with Crippen LogP contribution in [0.15, 0.2) is 42.0 Å². The van der Waals surface area contributed by atoms with E-state index in [0.29, 0.717) is 22.8 Å². The summed E-state index contributed by atoms with van der Waals surface area (Å²) in [5, 5.41) is 2.32. The van der Waals surface area contributed by atoms with Crippen LogP contribution >= 0.6 is 12.2 Å². The Bertz CT molecular complexity index is 1050. The smallest absolute Gasteiger partial charge is 0.270 e. The average Bonchev–Trinajstić information content (AvgIpc) is 3.11. The molecule has 0 aliphatic carbocycles. The molecule has 1 saturated heterocycles. The van der Waals surface area contributed by atoms with Crippen LogP contribution in [0.25, 0.3) is 6.08 Å². The summed E-state index contributed by atoms with van der Waals surface area (Å²) in [4.78, 5) is 26.5. The molecule has 0 saturated carbocycles. The topological polar surface area (TPSA) is 77.1 Å². The van der Waals surface area contributed by atoms with Gasteiger partial charge in [-0.05, 0) is 42.6 Å². The van der Waals surface area contributed by atoms with E-state index in [2.05, 4.69) is 5.32 Å². The fourth-order valence-electron chi connectivity index (χ4n) is 2.89. The number of carbonyl (C=O) groups excluding carboxylic acids is 2. The van der Waals surface area contributed by atoms with Gasteiger partial charge in [-0.2, -0.15) is 0 Å². The number of fused-ring (bicyclic) bond motifs is 1. The Morgan fingerprint density at radius 2 is 1.96 bits per heavy atom. The van der Waals surface area contributed by atoms with Crippen molar-refractivity contribution in [2.45, 2.75) is 0 Å². The van der Waals surface area contributed by atoms with E-state index in [1.807, 2.05) is 0 Å². The zero-order valence-corrected chi connectivity index (χ0v) is 15.3. The lowest BCUT2D eigenvalue weighted by atomic mass is 10.1. The molecule has 4 rings (SSSR count). The first kappa shape index (κ1) is 17.9. The molecule has 0 atom stereocenters. The number of ether oxygens (including phenoxy) is 3. The molecule has 2 heterocycles. The van der Waals surface area contributed by atoms with Gasteiger partial charge in [-0.3, -0.25) is 19.8 Å². The quantitative estimate of drug-likeness (QED) is 0.484. The molecular weight excluding hydrogens is 387 g/mol. The molecule has 2 aliphatic rings. The molecule has 28 heavy (non-hydrogen) atoms. The predicted molar refractivity (Wildman–Crippen MR) is 102 cm³/mol. The fourth-order valence-corrected chi connectivity index (χ4v) is 3.17. The minimum atomic E-state index is -0.681. The number of hydrogen-bond donors (Lipinski definition) is 1. The molecular formula is C19H13FN2O5S. The van der Waals surface area contributed by atoms with Crippen LogP contribution in [-0.2, 0) is 9.59 Å². The molecule has 2 aromatic rings. The lowest BCUT2D eigenvalue weighted by molar-refractivity contribution is -0.122. The van der Waals surface area contributed by atoms with Crippen molar-refractivity contribution in [3.05, 3.63) is 53.4 Å². The summed E-state index contributed by atoms with van der Waals surface area (Å²) in [7, 11) is 1.45. The fraction of sp³-hybridized carbons (Fsp3) is 0.105. The molecule has 0 radical (unpaired) electrons. The predicted octanol–water partition coefficient (Wildman–Crippen LogP) is 2.39. The molecule has 2 aliphatic heterocycles. The number of thiocarbonyl (C=S) groups is 1. The summed E-state index contributed by atoms with van der Waals surface area (Å²) < 4.78 is 29.6. The van der Waals surface area contributed by atoms with Gasteiger partial charge in [-0.1, -0.05) is 6.07 Å². The van der Waals surface area contributed by atoms with Crippen LogP contribution < -0.4 is 24.4 Å². The number of rotatable bonds is 3. The van der Waals surface area contributed by atoms with Crippen molar-refractivity contribution in [2.24, 2.45) is 0 Å². The summed E-state index contributed by atoms with van der Waals surface area (Å²) >= 11 is 5.10. The van der Waals surface area contributed by atoms with E-state index in [9.17, 15) is 14.0 Å². The summed E-state index contributed by atoms with van der Waals surface area (Å²) in [6, 6.07) is 8.57.